The fourth-order valence-electron chi connectivity index (χ4n) is 3.87. The van der Waals surface area contributed by atoms with Gasteiger partial charge in [0.2, 0.25) is 10.0 Å². The number of amides is 2. The minimum absolute atomic E-state index is 0.0203. The van der Waals surface area contributed by atoms with Gasteiger partial charge in [0.1, 0.15) is 10.7 Å². The first-order valence-electron chi connectivity index (χ1n) is 10.0. The van der Waals surface area contributed by atoms with Gasteiger partial charge in [0.25, 0.3) is 11.8 Å². The van der Waals surface area contributed by atoms with Crippen LogP contribution in [-0.4, -0.2) is 73.6 Å². The maximum atomic E-state index is 12.9. The Morgan fingerprint density at radius 2 is 1.53 bits per heavy atom. The van der Waals surface area contributed by atoms with Gasteiger partial charge in [-0.2, -0.15) is 4.31 Å². The lowest BCUT2D eigenvalue weighted by Gasteiger charge is -2.34. The highest BCUT2D eigenvalue weighted by molar-refractivity contribution is 7.89. The van der Waals surface area contributed by atoms with E-state index in [1.807, 2.05) is 19.1 Å². The Morgan fingerprint density at radius 3 is 2.10 bits per heavy atom. The van der Waals surface area contributed by atoms with Crippen molar-refractivity contribution in [2.24, 2.45) is 0 Å². The number of piperazine rings is 1. The number of sulfonamides is 1. The van der Waals surface area contributed by atoms with Crippen molar-refractivity contribution in [1.29, 1.82) is 0 Å². The van der Waals surface area contributed by atoms with E-state index in [0.29, 0.717) is 44.1 Å². The third kappa shape index (κ3) is 3.91. The van der Waals surface area contributed by atoms with Crippen molar-refractivity contribution in [1.82, 2.24) is 14.1 Å². The van der Waals surface area contributed by atoms with E-state index >= 15 is 0 Å². The molecule has 0 saturated carbocycles. The minimum Gasteiger partial charge on any atom is -0.455 e. The van der Waals surface area contributed by atoms with E-state index in [0.717, 1.165) is 17.7 Å². The molecule has 2 fully saturated rings. The van der Waals surface area contributed by atoms with Crippen molar-refractivity contribution in [2.45, 2.75) is 31.6 Å². The van der Waals surface area contributed by atoms with E-state index in [1.54, 1.807) is 16.7 Å². The molecule has 2 aromatic rings. The molecule has 0 aliphatic carbocycles. The van der Waals surface area contributed by atoms with Crippen molar-refractivity contribution < 1.29 is 22.4 Å². The Balaban J connectivity index is 1.43. The van der Waals surface area contributed by atoms with Crippen LogP contribution in [-0.2, 0) is 10.0 Å². The number of furan rings is 1. The van der Waals surface area contributed by atoms with Crippen LogP contribution in [0.4, 0.5) is 0 Å². The van der Waals surface area contributed by atoms with Gasteiger partial charge in [-0.15, -0.1) is 11.3 Å². The summed E-state index contributed by atoms with van der Waals surface area (Å²) in [5.74, 6) is -0.112. The van der Waals surface area contributed by atoms with Gasteiger partial charge >= 0.3 is 0 Å². The first kappa shape index (κ1) is 21.1. The van der Waals surface area contributed by atoms with E-state index in [9.17, 15) is 18.0 Å². The zero-order valence-corrected chi connectivity index (χ0v) is 18.7. The van der Waals surface area contributed by atoms with Crippen LogP contribution in [0.5, 0.6) is 0 Å². The first-order valence-corrected chi connectivity index (χ1v) is 12.3. The van der Waals surface area contributed by atoms with Gasteiger partial charge < -0.3 is 14.2 Å². The number of rotatable bonds is 4. The Kier molecular flexibility index (Phi) is 5.73. The summed E-state index contributed by atoms with van der Waals surface area (Å²) in [5, 5.41) is 0. The van der Waals surface area contributed by atoms with E-state index in [-0.39, 0.29) is 28.2 Å². The summed E-state index contributed by atoms with van der Waals surface area (Å²) < 4.78 is 32.6. The second-order valence-corrected chi connectivity index (χ2v) is 10.8. The van der Waals surface area contributed by atoms with Gasteiger partial charge in [-0.25, -0.2) is 8.42 Å². The van der Waals surface area contributed by atoms with E-state index in [1.165, 1.54) is 21.7 Å². The third-order valence-electron chi connectivity index (χ3n) is 5.57. The molecule has 0 aromatic carbocycles. The summed E-state index contributed by atoms with van der Waals surface area (Å²) in [5.41, 5.74) is 0. The van der Waals surface area contributed by atoms with Crippen molar-refractivity contribution in [3.8, 4) is 0 Å². The fraction of sp³-hybridized carbons (Fsp3) is 0.500. The highest BCUT2D eigenvalue weighted by atomic mass is 32.2. The number of hydrogen-bond acceptors (Lipinski definition) is 6. The van der Waals surface area contributed by atoms with Gasteiger partial charge in [-0.05, 0) is 38.8 Å². The Morgan fingerprint density at radius 1 is 0.933 bits per heavy atom. The van der Waals surface area contributed by atoms with Gasteiger partial charge in [0, 0.05) is 50.2 Å². The Labute approximate surface area is 180 Å². The van der Waals surface area contributed by atoms with Gasteiger partial charge in [0.15, 0.2) is 5.76 Å². The van der Waals surface area contributed by atoms with Gasteiger partial charge in [-0.3, -0.25) is 9.59 Å². The highest BCUT2D eigenvalue weighted by Gasteiger charge is 2.33. The number of nitrogens with zero attached hydrogens (tertiary/aromatic N) is 3. The smallest absolute Gasteiger partial charge is 0.289 e. The van der Waals surface area contributed by atoms with Crippen LogP contribution in [0.15, 0.2) is 27.5 Å². The van der Waals surface area contributed by atoms with E-state index in [4.69, 9.17) is 4.42 Å². The molecule has 30 heavy (non-hydrogen) atoms. The van der Waals surface area contributed by atoms with Crippen molar-refractivity contribution in [3.05, 3.63) is 39.5 Å². The lowest BCUT2D eigenvalue weighted by molar-refractivity contribution is 0.0520. The topological polar surface area (TPSA) is 91.1 Å². The van der Waals surface area contributed by atoms with Crippen LogP contribution < -0.4 is 0 Å². The van der Waals surface area contributed by atoms with Crippen molar-refractivity contribution >= 4 is 33.2 Å². The second-order valence-electron chi connectivity index (χ2n) is 7.64. The van der Waals surface area contributed by atoms with Crippen molar-refractivity contribution in [3.63, 3.8) is 0 Å². The first-order chi connectivity index (χ1) is 14.3. The maximum Gasteiger partial charge on any atom is 0.289 e. The van der Waals surface area contributed by atoms with Crippen LogP contribution in [0.1, 0.15) is 43.7 Å². The molecule has 0 unspecified atom stereocenters. The monoisotopic (exact) mass is 451 g/mol. The average Bonchev–Trinajstić information content (AvgIpc) is 3.48. The summed E-state index contributed by atoms with van der Waals surface area (Å²) >= 11 is 1.46. The molecule has 2 aromatic heterocycles. The van der Waals surface area contributed by atoms with Gasteiger partial charge in [0.05, 0.1) is 4.88 Å². The van der Waals surface area contributed by atoms with Crippen LogP contribution in [0, 0.1) is 13.8 Å². The van der Waals surface area contributed by atoms with E-state index in [2.05, 4.69) is 0 Å². The minimum atomic E-state index is -3.64. The second kappa shape index (κ2) is 8.16. The molecule has 2 aliphatic heterocycles. The molecule has 2 saturated heterocycles. The number of hydrogen-bond donors (Lipinski definition) is 0. The lowest BCUT2D eigenvalue weighted by Crippen LogP contribution is -2.50. The van der Waals surface area contributed by atoms with Crippen LogP contribution in [0.2, 0.25) is 0 Å². The largest absolute Gasteiger partial charge is 0.455 e. The van der Waals surface area contributed by atoms with Crippen LogP contribution in [0.25, 0.3) is 0 Å². The quantitative estimate of drug-likeness (QED) is 0.712. The molecule has 0 atom stereocenters. The number of thiophene rings is 1. The molecule has 0 radical (unpaired) electrons. The fourth-order valence-corrected chi connectivity index (χ4v) is 6.38. The molecule has 2 aliphatic rings. The van der Waals surface area contributed by atoms with Crippen molar-refractivity contribution in [2.75, 3.05) is 39.3 Å². The molecule has 2 amide bonds. The molecule has 10 heteroatoms. The van der Waals surface area contributed by atoms with E-state index < -0.39 is 10.0 Å². The summed E-state index contributed by atoms with van der Waals surface area (Å²) in [7, 11) is -3.64. The Bertz CT molecular complexity index is 1060. The predicted octanol–water partition coefficient (Wildman–Crippen LogP) is 2.34. The molecule has 4 rings (SSSR count). The zero-order chi connectivity index (χ0) is 21.5. The standard InChI is InChI=1S/C20H25N3O5S2/c1-14-5-6-17(29-14)20(25)22-11-9-21(10-12-22)19(24)16-13-18(15(2)28-16)30(26,27)23-7-3-4-8-23/h5-6,13H,3-4,7-12H2,1-2H3. The SMILES string of the molecule is Cc1ccc(C(=O)N2CCN(C(=O)c3cc(S(=O)(=O)N4CCCC4)c(C)o3)CC2)s1. The molecule has 0 N–H and O–H groups in total. The normalized spacial score (nSPS) is 18.2. The van der Waals surface area contributed by atoms with Gasteiger partial charge in [-0.1, -0.05) is 0 Å². The summed E-state index contributed by atoms with van der Waals surface area (Å²) in [6.45, 7) is 6.14. The molecule has 0 spiro atoms. The summed E-state index contributed by atoms with van der Waals surface area (Å²) in [6.07, 6.45) is 1.69. The Hall–Kier alpha value is -2.17. The zero-order valence-electron chi connectivity index (χ0n) is 17.1. The molecule has 8 nitrogen and oxygen atoms in total. The molecular weight excluding hydrogens is 426 g/mol. The maximum absolute atomic E-state index is 12.9. The molecule has 0 bridgehead atoms. The average molecular weight is 452 g/mol. The number of aryl methyl sites for hydroxylation is 2. The highest BCUT2D eigenvalue weighted by Crippen LogP contribution is 2.27. The van der Waals surface area contributed by atoms with Crippen LogP contribution >= 0.6 is 11.3 Å². The number of carbonyl (C=O) groups excluding carboxylic acids is 2. The van der Waals surface area contributed by atoms with Crippen LogP contribution in [0.3, 0.4) is 0 Å². The number of carbonyl (C=O) groups is 2. The summed E-state index contributed by atoms with van der Waals surface area (Å²) in [6, 6.07) is 5.09. The molecule has 162 valence electrons. The third-order valence-corrected chi connectivity index (χ3v) is 8.57. The molecular formula is C20H25N3O5S2. The lowest BCUT2D eigenvalue weighted by atomic mass is 10.2. The molecule has 4 heterocycles. The summed E-state index contributed by atoms with van der Waals surface area (Å²) in [4.78, 5) is 30.7. The predicted molar refractivity (Wildman–Crippen MR) is 112 cm³/mol.